The Balaban J connectivity index is 1.55. The third-order valence-electron chi connectivity index (χ3n) is 5.80. The second-order valence-corrected chi connectivity index (χ2v) is 9.31. The Kier molecular flexibility index (Phi) is 6.45. The van der Waals surface area contributed by atoms with E-state index in [-0.39, 0.29) is 34.9 Å². The first kappa shape index (κ1) is 23.6. The zero-order chi connectivity index (χ0) is 25.2. The average molecular weight is 515 g/mol. The fourth-order valence-electron chi connectivity index (χ4n) is 4.14. The lowest BCUT2D eigenvalue weighted by Gasteiger charge is -2.19. The van der Waals surface area contributed by atoms with Gasteiger partial charge in [0.15, 0.2) is 11.2 Å². The maximum absolute atomic E-state index is 13.5. The van der Waals surface area contributed by atoms with E-state index in [4.69, 9.17) is 11.6 Å². The van der Waals surface area contributed by atoms with Crippen LogP contribution in [0.25, 0.3) is 27.0 Å². The second-order valence-electron chi connectivity index (χ2n) is 8.09. The van der Waals surface area contributed by atoms with E-state index in [1.165, 1.54) is 18.5 Å². The summed E-state index contributed by atoms with van der Waals surface area (Å²) in [4.78, 5) is 40.2. The fraction of sp³-hybridized carbons (Fsp3) is 0.0741. The predicted molar refractivity (Wildman–Crippen MR) is 141 cm³/mol. The molecule has 0 aliphatic heterocycles. The number of hydrogen-bond acceptors (Lipinski definition) is 6. The SMILES string of the molecule is CC(=O)c1c(CNC(=O)c2ccc(-c3cnns3)cc2)c(=O)c2ccc(Cl)cc2n1-c1ccccc1. The van der Waals surface area contributed by atoms with Gasteiger partial charge in [0.2, 0.25) is 0 Å². The normalized spacial score (nSPS) is 10.9. The summed E-state index contributed by atoms with van der Waals surface area (Å²) in [7, 11) is 0. The quantitative estimate of drug-likeness (QED) is 0.310. The molecule has 0 radical (unpaired) electrons. The number of benzene rings is 3. The van der Waals surface area contributed by atoms with Crippen LogP contribution in [-0.4, -0.2) is 25.8 Å². The highest BCUT2D eigenvalue weighted by atomic mass is 35.5. The number of fused-ring (bicyclic) bond motifs is 1. The molecule has 3 aromatic carbocycles. The van der Waals surface area contributed by atoms with Crippen LogP contribution in [0.5, 0.6) is 0 Å². The van der Waals surface area contributed by atoms with Crippen molar-refractivity contribution in [1.29, 1.82) is 0 Å². The zero-order valence-electron chi connectivity index (χ0n) is 19.1. The van der Waals surface area contributed by atoms with Crippen LogP contribution in [0.15, 0.2) is 83.8 Å². The number of carbonyl (C=O) groups is 2. The van der Waals surface area contributed by atoms with E-state index in [0.717, 1.165) is 10.4 Å². The van der Waals surface area contributed by atoms with Crippen LogP contribution in [0.3, 0.4) is 0 Å². The van der Waals surface area contributed by atoms with E-state index in [9.17, 15) is 14.4 Å². The lowest BCUT2D eigenvalue weighted by Crippen LogP contribution is -2.30. The minimum atomic E-state index is -0.361. The Morgan fingerprint density at radius 2 is 1.78 bits per heavy atom. The van der Waals surface area contributed by atoms with Crippen LogP contribution in [0.4, 0.5) is 0 Å². The van der Waals surface area contributed by atoms with Gasteiger partial charge >= 0.3 is 0 Å². The van der Waals surface area contributed by atoms with E-state index in [0.29, 0.717) is 27.2 Å². The molecule has 7 nitrogen and oxygen atoms in total. The minimum absolute atomic E-state index is 0.113. The summed E-state index contributed by atoms with van der Waals surface area (Å²) >= 11 is 7.52. The number of pyridine rings is 1. The van der Waals surface area contributed by atoms with Crippen molar-refractivity contribution in [2.24, 2.45) is 0 Å². The van der Waals surface area contributed by atoms with Gasteiger partial charge in [-0.15, -0.1) is 5.10 Å². The van der Waals surface area contributed by atoms with Gasteiger partial charge in [-0.1, -0.05) is 46.4 Å². The van der Waals surface area contributed by atoms with Crippen LogP contribution in [0.2, 0.25) is 5.02 Å². The fourth-order valence-corrected chi connectivity index (χ4v) is 4.82. The molecule has 0 saturated heterocycles. The van der Waals surface area contributed by atoms with Gasteiger partial charge in [0.1, 0.15) is 0 Å². The van der Waals surface area contributed by atoms with Crippen LogP contribution >= 0.6 is 23.1 Å². The van der Waals surface area contributed by atoms with Crippen LogP contribution in [0.1, 0.15) is 33.3 Å². The van der Waals surface area contributed by atoms with Crippen molar-refractivity contribution < 1.29 is 9.59 Å². The van der Waals surface area contributed by atoms with Crippen molar-refractivity contribution in [3.63, 3.8) is 0 Å². The summed E-state index contributed by atoms with van der Waals surface area (Å²) in [5.41, 5.74) is 2.64. The van der Waals surface area contributed by atoms with Gasteiger partial charge in [-0.25, -0.2) is 0 Å². The molecular weight excluding hydrogens is 496 g/mol. The van der Waals surface area contributed by atoms with E-state index in [1.807, 2.05) is 42.5 Å². The van der Waals surface area contributed by atoms with Crippen molar-refractivity contribution in [3.05, 3.63) is 111 Å². The molecule has 0 aliphatic rings. The van der Waals surface area contributed by atoms with Crippen molar-refractivity contribution in [3.8, 4) is 16.1 Å². The average Bonchev–Trinajstić information content (AvgIpc) is 3.43. The molecule has 178 valence electrons. The van der Waals surface area contributed by atoms with Crippen molar-refractivity contribution in [1.82, 2.24) is 19.5 Å². The molecule has 0 spiro atoms. The van der Waals surface area contributed by atoms with Gasteiger partial charge in [0, 0.05) is 40.7 Å². The summed E-state index contributed by atoms with van der Waals surface area (Å²) in [5.74, 6) is -0.662. The maximum atomic E-state index is 13.5. The first-order valence-corrected chi connectivity index (χ1v) is 12.2. The largest absolute Gasteiger partial charge is 0.348 e. The molecule has 5 aromatic rings. The lowest BCUT2D eigenvalue weighted by atomic mass is 10.0. The summed E-state index contributed by atoms with van der Waals surface area (Å²) in [6.07, 6.45) is 1.66. The van der Waals surface area contributed by atoms with Gasteiger partial charge in [0.25, 0.3) is 5.91 Å². The number of nitrogens with one attached hydrogen (secondary N) is 1. The Morgan fingerprint density at radius 3 is 2.44 bits per heavy atom. The van der Waals surface area contributed by atoms with Crippen molar-refractivity contribution >= 4 is 45.7 Å². The number of Topliss-reactive ketones (excluding diaryl/α,β-unsaturated/α-hetero) is 1. The highest BCUT2D eigenvalue weighted by molar-refractivity contribution is 7.09. The van der Waals surface area contributed by atoms with Crippen LogP contribution in [0, 0.1) is 0 Å². The molecule has 0 atom stereocenters. The molecule has 0 unspecified atom stereocenters. The van der Waals surface area contributed by atoms with E-state index in [2.05, 4.69) is 14.9 Å². The number of rotatable bonds is 6. The number of hydrogen-bond donors (Lipinski definition) is 1. The summed E-state index contributed by atoms with van der Waals surface area (Å²) < 4.78 is 5.58. The Labute approximate surface area is 215 Å². The molecule has 2 aromatic heterocycles. The standard InChI is InChI=1S/C27H19ClN4O3S/c1-16(33)25-22(14-29-27(35)18-9-7-17(8-10-18)24-15-30-31-36-24)26(34)21-12-11-19(28)13-23(21)32(25)20-5-3-2-4-6-20/h2-13,15H,14H2,1H3,(H,29,35). The predicted octanol–water partition coefficient (Wildman–Crippen LogP) is 5.30. The van der Waals surface area contributed by atoms with Gasteiger partial charge in [-0.2, -0.15) is 0 Å². The zero-order valence-corrected chi connectivity index (χ0v) is 20.6. The molecule has 0 saturated carbocycles. The number of halogens is 1. The Morgan fingerprint density at radius 1 is 1.03 bits per heavy atom. The maximum Gasteiger partial charge on any atom is 0.251 e. The summed E-state index contributed by atoms with van der Waals surface area (Å²) in [5, 5.41) is 7.48. The summed E-state index contributed by atoms with van der Waals surface area (Å²) in [6, 6.07) is 21.2. The Bertz CT molecular complexity index is 1650. The van der Waals surface area contributed by atoms with E-state index < -0.39 is 0 Å². The minimum Gasteiger partial charge on any atom is -0.348 e. The molecule has 0 fully saturated rings. The first-order chi connectivity index (χ1) is 17.4. The molecule has 0 aliphatic carbocycles. The topological polar surface area (TPSA) is 94.0 Å². The highest BCUT2D eigenvalue weighted by Gasteiger charge is 2.22. The van der Waals surface area contributed by atoms with Crippen molar-refractivity contribution in [2.75, 3.05) is 0 Å². The molecule has 1 amide bonds. The number of aromatic nitrogens is 3. The molecule has 1 N–H and O–H groups in total. The molecular formula is C27H19ClN4O3S. The Hall–Kier alpha value is -4.14. The van der Waals surface area contributed by atoms with E-state index >= 15 is 0 Å². The second kappa shape index (κ2) is 9.85. The number of amides is 1. The smallest absolute Gasteiger partial charge is 0.251 e. The number of nitrogens with zero attached hydrogens (tertiary/aromatic N) is 3. The van der Waals surface area contributed by atoms with Crippen LogP contribution in [-0.2, 0) is 6.54 Å². The third-order valence-corrected chi connectivity index (χ3v) is 6.74. The van der Waals surface area contributed by atoms with Gasteiger partial charge in [0.05, 0.1) is 22.3 Å². The van der Waals surface area contributed by atoms with Gasteiger partial charge < -0.3 is 9.88 Å². The first-order valence-electron chi connectivity index (χ1n) is 11.0. The van der Waals surface area contributed by atoms with E-state index in [1.54, 1.807) is 41.1 Å². The molecule has 0 bridgehead atoms. The van der Waals surface area contributed by atoms with Crippen molar-refractivity contribution in [2.45, 2.75) is 13.5 Å². The number of para-hydroxylation sites is 1. The lowest BCUT2D eigenvalue weighted by molar-refractivity contribution is 0.0946. The van der Waals surface area contributed by atoms with Crippen LogP contribution < -0.4 is 10.7 Å². The highest BCUT2D eigenvalue weighted by Crippen LogP contribution is 2.25. The van der Waals surface area contributed by atoms with Gasteiger partial charge in [-0.05, 0) is 59.6 Å². The number of ketones is 1. The molecule has 5 rings (SSSR count). The molecule has 36 heavy (non-hydrogen) atoms. The number of carbonyl (C=O) groups excluding carboxylic acids is 2. The molecule has 2 heterocycles. The third kappa shape index (κ3) is 4.44. The summed E-state index contributed by atoms with van der Waals surface area (Å²) in [6.45, 7) is 1.29. The monoisotopic (exact) mass is 514 g/mol. The molecule has 9 heteroatoms. The van der Waals surface area contributed by atoms with Gasteiger partial charge in [-0.3, -0.25) is 14.4 Å².